The molecule has 0 aliphatic heterocycles. The van der Waals surface area contributed by atoms with Gasteiger partial charge in [0.15, 0.2) is 5.65 Å². The van der Waals surface area contributed by atoms with Gasteiger partial charge in [-0.2, -0.15) is 5.10 Å². The first-order valence-corrected chi connectivity index (χ1v) is 20.7. The molecule has 0 aliphatic carbocycles. The summed E-state index contributed by atoms with van der Waals surface area (Å²) < 4.78 is 41.2. The first-order valence-electron chi connectivity index (χ1n) is 20.4. The highest BCUT2D eigenvalue weighted by molar-refractivity contribution is 6.30. The zero-order chi connectivity index (χ0) is 42.0. The van der Waals surface area contributed by atoms with Gasteiger partial charge in [0.25, 0.3) is 0 Å². The normalized spacial score (nSPS) is 11.4. The highest BCUT2D eigenvalue weighted by Gasteiger charge is 2.17. The summed E-state index contributed by atoms with van der Waals surface area (Å²) in [4.78, 5) is 18.3. The van der Waals surface area contributed by atoms with Crippen LogP contribution in [0.15, 0.2) is 79.0 Å². The lowest BCUT2D eigenvalue weighted by Gasteiger charge is -2.10. The molecule has 3 aromatic heterocycles. The van der Waals surface area contributed by atoms with Crippen LogP contribution in [0.1, 0.15) is 48.3 Å². The maximum absolute atomic E-state index is 14.5. The summed E-state index contributed by atoms with van der Waals surface area (Å²) in [6, 6.07) is 22.6. The highest BCUT2D eigenvalue weighted by atomic mass is 35.5. The van der Waals surface area contributed by atoms with Crippen LogP contribution in [-0.2, 0) is 38.5 Å². The molecule has 0 unspecified atom stereocenters. The third kappa shape index (κ3) is 13.7. The van der Waals surface area contributed by atoms with Gasteiger partial charge in [-0.05, 0) is 106 Å². The van der Waals surface area contributed by atoms with E-state index in [0.717, 1.165) is 81.8 Å². The Morgan fingerprint density at radius 2 is 1.56 bits per heavy atom. The molecule has 0 saturated heterocycles. The number of ether oxygens (including phenoxy) is 4. The van der Waals surface area contributed by atoms with Crippen LogP contribution in [-0.4, -0.2) is 103 Å². The number of nitrogens with zero attached hydrogens (tertiary/aromatic N) is 5. The molecule has 3 heterocycles. The van der Waals surface area contributed by atoms with Crippen molar-refractivity contribution in [3.8, 4) is 17.0 Å². The fourth-order valence-electron chi connectivity index (χ4n) is 6.47. The molecule has 0 aliphatic rings. The fourth-order valence-corrected chi connectivity index (χ4v) is 6.59. The summed E-state index contributed by atoms with van der Waals surface area (Å²) >= 11 is 6.01. The molecule has 1 N–H and O–H groups in total. The number of aldehydes is 1. The summed E-state index contributed by atoms with van der Waals surface area (Å²) in [5.41, 5.74) is 7.92. The topological polar surface area (TPSA) is 104 Å². The molecule has 0 amide bonds. The summed E-state index contributed by atoms with van der Waals surface area (Å²) in [5.74, 6) is 0.500. The van der Waals surface area contributed by atoms with Crippen LogP contribution < -0.4 is 10.1 Å². The van der Waals surface area contributed by atoms with E-state index in [1.807, 2.05) is 85.3 Å². The standard InChI is InChI=1S/C41H45ClFN5O5.C5H13N/c1-29-24-30(2)48-41(45-29)38(13-16-49)40(46-48)32-6-10-36(11-7-32)53-18-3-17-50-20-22-52-23-21-51-19-14-44-27-33-25-35(43)26-39-37(33)12-15-47(39)28-31-4-8-34(42)9-5-31;1-4-6(3)5-2/h4-12,15-16,24-26,44H,3,13-14,17-23,27-28H2,1-2H3;4-5H2,1-3H3. The van der Waals surface area contributed by atoms with Crippen LogP contribution in [0.25, 0.3) is 27.8 Å². The average Bonchev–Trinajstić information content (AvgIpc) is 3.81. The minimum absolute atomic E-state index is 0.247. The molecule has 13 heteroatoms. The lowest BCUT2D eigenvalue weighted by atomic mass is 10.1. The van der Waals surface area contributed by atoms with E-state index >= 15 is 0 Å². The molecule has 6 aromatic rings. The van der Waals surface area contributed by atoms with Crippen LogP contribution in [0.2, 0.25) is 5.02 Å². The van der Waals surface area contributed by atoms with Crippen LogP contribution >= 0.6 is 11.6 Å². The monoisotopic (exact) mass is 828 g/mol. The maximum Gasteiger partial charge on any atom is 0.159 e. The molecule has 6 rings (SSSR count). The second kappa shape index (κ2) is 23.8. The average molecular weight is 829 g/mol. The van der Waals surface area contributed by atoms with Gasteiger partial charge >= 0.3 is 0 Å². The van der Waals surface area contributed by atoms with Crippen LogP contribution in [0, 0.1) is 19.7 Å². The Kier molecular flexibility index (Phi) is 18.3. The number of carbonyl (C=O) groups is 1. The summed E-state index contributed by atoms with van der Waals surface area (Å²) in [5, 5.41) is 9.82. The minimum Gasteiger partial charge on any atom is -0.494 e. The van der Waals surface area contributed by atoms with E-state index in [0.29, 0.717) is 76.6 Å². The largest absolute Gasteiger partial charge is 0.494 e. The Labute approximate surface area is 352 Å². The number of aromatic nitrogens is 4. The van der Waals surface area contributed by atoms with E-state index in [9.17, 15) is 9.18 Å². The van der Waals surface area contributed by atoms with Gasteiger partial charge in [0, 0.05) is 78.2 Å². The first-order chi connectivity index (χ1) is 28.7. The number of hydrogen-bond donors (Lipinski definition) is 1. The third-order valence-electron chi connectivity index (χ3n) is 9.88. The van der Waals surface area contributed by atoms with E-state index in [1.165, 1.54) is 0 Å². The number of hydrogen-bond acceptors (Lipinski definition) is 9. The van der Waals surface area contributed by atoms with Crippen molar-refractivity contribution in [1.29, 1.82) is 0 Å². The molecule has 59 heavy (non-hydrogen) atoms. The van der Waals surface area contributed by atoms with Gasteiger partial charge in [-0.1, -0.05) is 37.6 Å². The van der Waals surface area contributed by atoms with Gasteiger partial charge in [0.05, 0.1) is 50.9 Å². The Hall–Kier alpha value is -4.69. The van der Waals surface area contributed by atoms with Crippen molar-refractivity contribution in [2.75, 3.05) is 72.9 Å². The Bertz CT molecular complexity index is 2190. The Morgan fingerprint density at radius 1 is 0.864 bits per heavy atom. The van der Waals surface area contributed by atoms with Crippen LogP contribution in [0.3, 0.4) is 0 Å². The second-order valence-corrected chi connectivity index (χ2v) is 14.7. The zero-order valence-corrected chi connectivity index (χ0v) is 35.8. The van der Waals surface area contributed by atoms with Gasteiger partial charge in [0.2, 0.25) is 0 Å². The Balaban J connectivity index is 0.00000102. The van der Waals surface area contributed by atoms with E-state index in [4.69, 9.17) is 35.6 Å². The van der Waals surface area contributed by atoms with E-state index < -0.39 is 0 Å². The van der Waals surface area contributed by atoms with Crippen molar-refractivity contribution in [2.24, 2.45) is 0 Å². The van der Waals surface area contributed by atoms with Crippen molar-refractivity contribution in [2.45, 2.75) is 53.6 Å². The molecule has 11 nitrogen and oxygen atoms in total. The van der Waals surface area contributed by atoms with Crippen LogP contribution in [0.4, 0.5) is 4.39 Å². The highest BCUT2D eigenvalue weighted by Crippen LogP contribution is 2.28. The van der Waals surface area contributed by atoms with Crippen molar-refractivity contribution in [1.82, 2.24) is 29.4 Å². The van der Waals surface area contributed by atoms with Gasteiger partial charge < -0.3 is 38.5 Å². The molecule has 0 saturated carbocycles. The Morgan fingerprint density at radius 3 is 2.24 bits per heavy atom. The number of halogens is 2. The number of rotatable bonds is 23. The molecule has 3 aromatic carbocycles. The van der Waals surface area contributed by atoms with Gasteiger partial charge in [-0.25, -0.2) is 13.9 Å². The number of benzene rings is 3. The van der Waals surface area contributed by atoms with Gasteiger partial charge in [-0.15, -0.1) is 0 Å². The molecular weight excluding hydrogens is 771 g/mol. The summed E-state index contributed by atoms with van der Waals surface area (Å²) in [6.45, 7) is 15.9. The molecule has 0 fully saturated rings. The van der Waals surface area contributed by atoms with Crippen LogP contribution in [0.5, 0.6) is 5.75 Å². The SMILES string of the molecule is CCN(C)CC.Cc1cc(C)n2nc(-c3ccc(OCCCOCCOCCOCCNCc4cc(F)cc5c4ccn5Cc4ccc(Cl)cc4)cc3)c(CC=O)c2n1. The van der Waals surface area contributed by atoms with E-state index in [-0.39, 0.29) is 12.2 Å². The predicted molar refractivity (Wildman–Crippen MR) is 233 cm³/mol. The fraction of sp³-hybridized carbons (Fsp3) is 0.413. The number of fused-ring (bicyclic) bond motifs is 2. The van der Waals surface area contributed by atoms with Crippen molar-refractivity contribution in [3.05, 3.63) is 118 Å². The van der Waals surface area contributed by atoms with Crippen molar-refractivity contribution < 1.29 is 28.1 Å². The van der Waals surface area contributed by atoms with Gasteiger partial charge in [0.1, 0.15) is 17.9 Å². The molecule has 0 spiro atoms. The molecular formula is C46H58ClFN6O5. The molecule has 316 valence electrons. The quantitative estimate of drug-likeness (QED) is 0.0507. The summed E-state index contributed by atoms with van der Waals surface area (Å²) in [7, 11) is 2.11. The smallest absolute Gasteiger partial charge is 0.159 e. The van der Waals surface area contributed by atoms with E-state index in [1.54, 1.807) is 16.6 Å². The third-order valence-corrected chi connectivity index (χ3v) is 10.1. The molecule has 0 atom stereocenters. The van der Waals surface area contributed by atoms with Crippen molar-refractivity contribution in [3.63, 3.8) is 0 Å². The van der Waals surface area contributed by atoms with Crippen molar-refractivity contribution >= 4 is 34.4 Å². The lowest BCUT2D eigenvalue weighted by Crippen LogP contribution is -2.20. The number of aryl methyl sites for hydroxylation is 2. The first kappa shape index (κ1) is 45.4. The van der Waals surface area contributed by atoms with E-state index in [2.05, 4.69) is 36.1 Å². The number of carbonyl (C=O) groups excluding carboxylic acids is 1. The minimum atomic E-state index is -0.255. The maximum atomic E-state index is 14.5. The predicted octanol–water partition coefficient (Wildman–Crippen LogP) is 8.12. The zero-order valence-electron chi connectivity index (χ0n) is 35.0. The number of nitrogens with one attached hydrogen (secondary N) is 1. The lowest BCUT2D eigenvalue weighted by molar-refractivity contribution is -0.107. The summed E-state index contributed by atoms with van der Waals surface area (Å²) in [6.07, 6.45) is 3.87. The molecule has 0 radical (unpaired) electrons. The van der Waals surface area contributed by atoms with Gasteiger partial charge in [-0.3, -0.25) is 0 Å². The second-order valence-electron chi connectivity index (χ2n) is 14.3. The molecule has 0 bridgehead atoms.